The molecule has 0 saturated heterocycles. The average Bonchev–Trinajstić information content (AvgIpc) is 3.26. The Morgan fingerprint density at radius 2 is 1.77 bits per heavy atom. The molecule has 0 fully saturated rings. The standard InChI is InChI=1S/C26H19F3N2O3S/c27-26(28,29)17-10-11-21-18(13-17)30-25(33)22(35-21)14-23(32)31-24(15-6-2-1-3-7-15)20-12-16-8-4-5-9-19(16)34-20/h1-13,22,24H,14H2,(H,30,33)(H,31,32)/t22-,24-/m1/s1. The summed E-state index contributed by atoms with van der Waals surface area (Å²) in [5, 5.41) is 5.57. The number of halogens is 3. The van der Waals surface area contributed by atoms with Gasteiger partial charge in [0.1, 0.15) is 17.4 Å². The number of benzene rings is 3. The van der Waals surface area contributed by atoms with E-state index in [9.17, 15) is 22.8 Å². The molecule has 0 unspecified atom stereocenters. The second-order valence-electron chi connectivity index (χ2n) is 8.11. The van der Waals surface area contributed by atoms with Gasteiger partial charge in [-0.3, -0.25) is 9.59 Å². The molecule has 0 saturated carbocycles. The normalized spacial score (nSPS) is 16.4. The molecule has 5 rings (SSSR count). The molecule has 0 radical (unpaired) electrons. The molecule has 2 N–H and O–H groups in total. The zero-order valence-corrected chi connectivity index (χ0v) is 19.0. The largest absolute Gasteiger partial charge is 0.459 e. The summed E-state index contributed by atoms with van der Waals surface area (Å²) in [6.07, 6.45) is -4.66. The van der Waals surface area contributed by atoms with E-state index in [0.29, 0.717) is 16.2 Å². The van der Waals surface area contributed by atoms with Gasteiger partial charge in [0.05, 0.1) is 16.5 Å². The van der Waals surface area contributed by atoms with Crippen LogP contribution in [0.3, 0.4) is 0 Å². The molecular weight excluding hydrogens is 477 g/mol. The second kappa shape index (κ2) is 9.14. The Balaban J connectivity index is 1.35. The predicted octanol–water partition coefficient (Wildman–Crippen LogP) is 6.16. The summed E-state index contributed by atoms with van der Waals surface area (Å²) in [5.41, 5.74) is 0.751. The first kappa shape index (κ1) is 23.0. The Labute approximate surface area is 202 Å². The van der Waals surface area contributed by atoms with Crippen LogP contribution in [0.25, 0.3) is 11.0 Å². The summed E-state index contributed by atoms with van der Waals surface area (Å²) in [7, 11) is 0. The first-order chi connectivity index (χ1) is 16.8. The van der Waals surface area contributed by atoms with Crippen molar-refractivity contribution in [2.24, 2.45) is 0 Å². The number of alkyl halides is 3. The molecule has 2 heterocycles. The maximum Gasteiger partial charge on any atom is 0.416 e. The molecule has 0 bridgehead atoms. The minimum atomic E-state index is -4.51. The van der Waals surface area contributed by atoms with Crippen LogP contribution in [0.5, 0.6) is 0 Å². The van der Waals surface area contributed by atoms with E-state index in [1.54, 1.807) is 0 Å². The minimum Gasteiger partial charge on any atom is -0.459 e. The fourth-order valence-electron chi connectivity index (χ4n) is 3.96. The molecule has 0 spiro atoms. The van der Waals surface area contributed by atoms with Crippen LogP contribution in [0, 0.1) is 0 Å². The number of para-hydroxylation sites is 1. The number of hydrogen-bond acceptors (Lipinski definition) is 4. The molecule has 1 aliphatic rings. The van der Waals surface area contributed by atoms with Gasteiger partial charge in [-0.1, -0.05) is 48.5 Å². The number of amides is 2. The number of fused-ring (bicyclic) bond motifs is 2. The van der Waals surface area contributed by atoms with Gasteiger partial charge < -0.3 is 15.1 Å². The Bertz CT molecular complexity index is 1370. The lowest BCUT2D eigenvalue weighted by molar-refractivity contribution is -0.137. The van der Waals surface area contributed by atoms with Gasteiger partial charge in [0.15, 0.2) is 0 Å². The van der Waals surface area contributed by atoms with Gasteiger partial charge in [0.25, 0.3) is 0 Å². The van der Waals surface area contributed by atoms with Crippen molar-refractivity contribution in [3.8, 4) is 0 Å². The highest BCUT2D eigenvalue weighted by atomic mass is 32.2. The van der Waals surface area contributed by atoms with E-state index in [2.05, 4.69) is 10.6 Å². The first-order valence-corrected chi connectivity index (χ1v) is 11.7. The van der Waals surface area contributed by atoms with E-state index in [4.69, 9.17) is 4.42 Å². The molecule has 2 amide bonds. The maximum atomic E-state index is 13.0. The van der Waals surface area contributed by atoms with Gasteiger partial charge >= 0.3 is 6.18 Å². The van der Waals surface area contributed by atoms with Crippen LogP contribution in [0.2, 0.25) is 0 Å². The van der Waals surface area contributed by atoms with Gasteiger partial charge in [0, 0.05) is 16.7 Å². The van der Waals surface area contributed by atoms with Crippen LogP contribution >= 0.6 is 11.8 Å². The number of hydrogen-bond donors (Lipinski definition) is 2. The summed E-state index contributed by atoms with van der Waals surface area (Å²) in [6.45, 7) is 0. The van der Waals surface area contributed by atoms with Crippen molar-refractivity contribution in [3.63, 3.8) is 0 Å². The highest BCUT2D eigenvalue weighted by molar-refractivity contribution is 8.01. The van der Waals surface area contributed by atoms with E-state index in [0.717, 1.165) is 34.8 Å². The van der Waals surface area contributed by atoms with Gasteiger partial charge in [-0.05, 0) is 35.9 Å². The third-order valence-electron chi connectivity index (χ3n) is 5.66. The zero-order chi connectivity index (χ0) is 24.6. The van der Waals surface area contributed by atoms with Gasteiger partial charge in [0.2, 0.25) is 11.8 Å². The fraction of sp³-hybridized carbons (Fsp3) is 0.154. The lowest BCUT2D eigenvalue weighted by atomic mass is 10.0. The number of furan rings is 1. The molecule has 1 aromatic heterocycles. The van der Waals surface area contributed by atoms with Crippen LogP contribution < -0.4 is 10.6 Å². The lowest BCUT2D eigenvalue weighted by Crippen LogP contribution is -2.36. The SMILES string of the molecule is O=C(C[C@H]1Sc2ccc(C(F)(F)F)cc2NC1=O)N[C@H](c1ccccc1)c1cc2ccccc2o1. The van der Waals surface area contributed by atoms with E-state index >= 15 is 0 Å². The molecule has 3 aromatic carbocycles. The fourth-order valence-corrected chi connectivity index (χ4v) is 5.05. The van der Waals surface area contributed by atoms with Crippen molar-refractivity contribution in [1.29, 1.82) is 0 Å². The zero-order valence-electron chi connectivity index (χ0n) is 18.1. The topological polar surface area (TPSA) is 71.3 Å². The van der Waals surface area contributed by atoms with E-state index in [1.807, 2.05) is 60.7 Å². The monoisotopic (exact) mass is 496 g/mol. The Morgan fingerprint density at radius 1 is 1.03 bits per heavy atom. The third kappa shape index (κ3) is 4.90. The summed E-state index contributed by atoms with van der Waals surface area (Å²) in [5.74, 6) is -0.351. The van der Waals surface area contributed by atoms with Crippen LogP contribution in [-0.2, 0) is 15.8 Å². The molecule has 9 heteroatoms. The van der Waals surface area contributed by atoms with E-state index in [1.165, 1.54) is 6.07 Å². The average molecular weight is 497 g/mol. The molecule has 35 heavy (non-hydrogen) atoms. The lowest BCUT2D eigenvalue weighted by Gasteiger charge is -2.25. The van der Waals surface area contributed by atoms with E-state index in [-0.39, 0.29) is 18.0 Å². The summed E-state index contributed by atoms with van der Waals surface area (Å²) < 4.78 is 45.0. The molecule has 4 aromatic rings. The quantitative estimate of drug-likeness (QED) is 0.347. The Morgan fingerprint density at radius 3 is 2.51 bits per heavy atom. The molecule has 1 aliphatic heterocycles. The van der Waals surface area contributed by atoms with Crippen LogP contribution in [-0.4, -0.2) is 17.1 Å². The number of anilines is 1. The molecule has 2 atom stereocenters. The molecular formula is C26H19F3N2O3S. The van der Waals surface area contributed by atoms with Crippen molar-refractivity contribution in [2.45, 2.75) is 28.8 Å². The van der Waals surface area contributed by atoms with Gasteiger partial charge in [-0.2, -0.15) is 13.2 Å². The third-order valence-corrected chi connectivity index (χ3v) is 6.94. The minimum absolute atomic E-state index is 0.0934. The Hall–Kier alpha value is -3.72. The van der Waals surface area contributed by atoms with E-state index < -0.39 is 28.9 Å². The van der Waals surface area contributed by atoms with Gasteiger partial charge in [-0.15, -0.1) is 11.8 Å². The van der Waals surface area contributed by atoms with Crippen molar-refractivity contribution < 1.29 is 27.2 Å². The van der Waals surface area contributed by atoms with Crippen LogP contribution in [0.4, 0.5) is 18.9 Å². The second-order valence-corrected chi connectivity index (χ2v) is 9.35. The van der Waals surface area contributed by atoms with Crippen molar-refractivity contribution in [1.82, 2.24) is 5.32 Å². The highest BCUT2D eigenvalue weighted by Gasteiger charge is 2.34. The molecule has 0 aliphatic carbocycles. The molecule has 5 nitrogen and oxygen atoms in total. The van der Waals surface area contributed by atoms with Crippen molar-refractivity contribution in [3.05, 3.63) is 95.7 Å². The molecule has 178 valence electrons. The number of nitrogens with one attached hydrogen (secondary N) is 2. The summed E-state index contributed by atoms with van der Waals surface area (Å²) >= 11 is 1.07. The number of carbonyl (C=O) groups is 2. The summed E-state index contributed by atoms with van der Waals surface area (Å²) in [6, 6.07) is 21.3. The Kier molecular flexibility index (Phi) is 6.02. The highest BCUT2D eigenvalue weighted by Crippen LogP contribution is 2.40. The maximum absolute atomic E-state index is 13.0. The van der Waals surface area contributed by atoms with Gasteiger partial charge in [-0.25, -0.2) is 0 Å². The predicted molar refractivity (Wildman–Crippen MR) is 127 cm³/mol. The number of thioether (sulfide) groups is 1. The number of carbonyl (C=O) groups excluding carboxylic acids is 2. The van der Waals surface area contributed by atoms with Crippen LogP contribution in [0.15, 0.2) is 88.2 Å². The van der Waals surface area contributed by atoms with Crippen molar-refractivity contribution in [2.75, 3.05) is 5.32 Å². The smallest absolute Gasteiger partial charge is 0.416 e. The first-order valence-electron chi connectivity index (χ1n) is 10.8. The van der Waals surface area contributed by atoms with Crippen molar-refractivity contribution >= 4 is 40.2 Å². The summed E-state index contributed by atoms with van der Waals surface area (Å²) in [4.78, 5) is 26.1. The number of rotatable bonds is 5. The van der Waals surface area contributed by atoms with Crippen LogP contribution in [0.1, 0.15) is 29.3 Å².